The van der Waals surface area contributed by atoms with Crippen molar-refractivity contribution in [3.63, 3.8) is 0 Å². The van der Waals surface area contributed by atoms with Crippen LogP contribution >= 0.6 is 23.1 Å². The molecule has 1 fully saturated rings. The number of anilines is 1. The molecule has 7 nitrogen and oxygen atoms in total. The first kappa shape index (κ1) is 18.7. The number of amides is 2. The van der Waals surface area contributed by atoms with Crippen LogP contribution in [0.5, 0.6) is 0 Å². The van der Waals surface area contributed by atoms with Gasteiger partial charge in [0, 0.05) is 23.9 Å². The summed E-state index contributed by atoms with van der Waals surface area (Å²) in [7, 11) is 0. The fraction of sp³-hybridized carbons (Fsp3) is 0.263. The zero-order chi connectivity index (χ0) is 19.3. The quantitative estimate of drug-likeness (QED) is 0.684. The van der Waals surface area contributed by atoms with Crippen LogP contribution in [0.3, 0.4) is 0 Å². The minimum Gasteiger partial charge on any atom is -0.459 e. The summed E-state index contributed by atoms with van der Waals surface area (Å²) < 4.78 is 6.00. The van der Waals surface area contributed by atoms with Gasteiger partial charge in [-0.2, -0.15) is 0 Å². The lowest BCUT2D eigenvalue weighted by Gasteiger charge is -2.30. The molecule has 2 amide bonds. The lowest BCUT2D eigenvalue weighted by Crippen LogP contribution is -2.41. The van der Waals surface area contributed by atoms with Crippen molar-refractivity contribution < 1.29 is 14.0 Å². The molecule has 0 atom stereocenters. The third-order valence-electron chi connectivity index (χ3n) is 4.57. The second-order valence-electron chi connectivity index (χ2n) is 6.34. The predicted molar refractivity (Wildman–Crippen MR) is 106 cm³/mol. The third kappa shape index (κ3) is 4.26. The van der Waals surface area contributed by atoms with Crippen molar-refractivity contribution in [1.29, 1.82) is 0 Å². The number of para-hydroxylation sites is 1. The number of nitrogens with zero attached hydrogens (tertiary/aromatic N) is 3. The third-order valence-corrected chi connectivity index (χ3v) is 6.42. The maximum Gasteiger partial charge on any atom is 0.289 e. The molecule has 144 valence electrons. The number of rotatable bonds is 5. The molecular weight excluding hydrogens is 396 g/mol. The summed E-state index contributed by atoms with van der Waals surface area (Å²) in [6.45, 7) is 1.08. The van der Waals surface area contributed by atoms with Crippen molar-refractivity contribution in [3.05, 3.63) is 53.9 Å². The maximum atomic E-state index is 12.8. The van der Waals surface area contributed by atoms with Gasteiger partial charge in [-0.05, 0) is 37.1 Å². The van der Waals surface area contributed by atoms with Crippen LogP contribution in [-0.2, 0) is 4.79 Å². The van der Waals surface area contributed by atoms with Gasteiger partial charge < -0.3 is 14.6 Å². The van der Waals surface area contributed by atoms with Crippen LogP contribution in [0.1, 0.15) is 23.4 Å². The van der Waals surface area contributed by atoms with Gasteiger partial charge in [0.1, 0.15) is 5.51 Å². The van der Waals surface area contributed by atoms with E-state index in [1.54, 1.807) is 22.5 Å². The Labute approximate surface area is 170 Å². The van der Waals surface area contributed by atoms with Gasteiger partial charge in [-0.25, -0.2) is 0 Å². The molecule has 0 radical (unpaired) electrons. The van der Waals surface area contributed by atoms with Gasteiger partial charge in [-0.15, -0.1) is 10.2 Å². The van der Waals surface area contributed by atoms with Gasteiger partial charge >= 0.3 is 0 Å². The van der Waals surface area contributed by atoms with Gasteiger partial charge in [0.05, 0.1) is 12.0 Å². The van der Waals surface area contributed by atoms with Gasteiger partial charge in [-0.1, -0.05) is 35.2 Å². The monoisotopic (exact) mass is 414 g/mol. The highest BCUT2D eigenvalue weighted by molar-refractivity contribution is 8.01. The number of likely N-dealkylation sites (tertiary alicyclic amines) is 1. The molecule has 1 N–H and O–H groups in total. The molecule has 28 heavy (non-hydrogen) atoms. The van der Waals surface area contributed by atoms with E-state index < -0.39 is 0 Å². The molecule has 1 aliphatic rings. The fourth-order valence-corrected chi connectivity index (χ4v) is 4.62. The lowest BCUT2D eigenvalue weighted by molar-refractivity contribution is -0.121. The summed E-state index contributed by atoms with van der Waals surface area (Å²) in [4.78, 5) is 27.8. The van der Waals surface area contributed by atoms with E-state index in [4.69, 9.17) is 4.42 Å². The van der Waals surface area contributed by atoms with E-state index >= 15 is 0 Å². The predicted octanol–water partition coefficient (Wildman–Crippen LogP) is 3.77. The largest absolute Gasteiger partial charge is 0.459 e. The minimum atomic E-state index is -0.125. The Kier molecular flexibility index (Phi) is 5.73. The highest BCUT2D eigenvalue weighted by Crippen LogP contribution is 2.34. The second kappa shape index (κ2) is 8.57. The molecule has 9 heteroatoms. The molecule has 0 unspecified atom stereocenters. The van der Waals surface area contributed by atoms with Crippen LogP contribution in [0.15, 0.2) is 61.8 Å². The van der Waals surface area contributed by atoms with Crippen molar-refractivity contribution in [2.45, 2.75) is 22.1 Å². The first-order valence-electron chi connectivity index (χ1n) is 8.87. The van der Waals surface area contributed by atoms with Crippen LogP contribution < -0.4 is 5.32 Å². The van der Waals surface area contributed by atoms with E-state index in [0.717, 1.165) is 14.9 Å². The van der Waals surface area contributed by atoms with Crippen LogP contribution in [-0.4, -0.2) is 40.0 Å². The number of furan rings is 1. The number of hydrogen-bond donors (Lipinski definition) is 1. The average Bonchev–Trinajstić information content (AvgIpc) is 3.43. The molecule has 3 heterocycles. The summed E-state index contributed by atoms with van der Waals surface area (Å²) in [5, 5.41) is 10.9. The zero-order valence-electron chi connectivity index (χ0n) is 14.9. The molecule has 0 saturated carbocycles. The van der Waals surface area contributed by atoms with E-state index in [2.05, 4.69) is 15.5 Å². The van der Waals surface area contributed by atoms with Crippen LogP contribution in [0.4, 0.5) is 5.69 Å². The Morgan fingerprint density at radius 2 is 2.00 bits per heavy atom. The number of benzene rings is 1. The molecule has 4 rings (SSSR count). The number of nitrogens with one attached hydrogen (secondary N) is 1. The van der Waals surface area contributed by atoms with Gasteiger partial charge in [0.2, 0.25) is 5.91 Å². The molecule has 3 aromatic rings. The molecule has 0 aliphatic carbocycles. The Hall–Kier alpha value is -2.65. The standard InChI is InChI=1S/C19H18N4O3S2/c24-17(13-7-9-23(10-8-13)18(25)15-5-3-11-26-15)21-14-4-1-2-6-16(14)28-19-22-20-12-27-19/h1-6,11-13H,7-10H2,(H,21,24). The van der Waals surface area contributed by atoms with Crippen molar-refractivity contribution in [2.24, 2.45) is 5.92 Å². The molecule has 2 aromatic heterocycles. The lowest BCUT2D eigenvalue weighted by atomic mass is 9.95. The van der Waals surface area contributed by atoms with Crippen molar-refractivity contribution >= 4 is 40.6 Å². The molecular formula is C19H18N4O3S2. The Morgan fingerprint density at radius 3 is 2.71 bits per heavy atom. The average molecular weight is 415 g/mol. The number of aromatic nitrogens is 2. The molecule has 1 aliphatic heterocycles. The van der Waals surface area contributed by atoms with Crippen molar-refractivity contribution in [2.75, 3.05) is 18.4 Å². The first-order valence-corrected chi connectivity index (χ1v) is 10.6. The van der Waals surface area contributed by atoms with Gasteiger partial charge in [0.25, 0.3) is 5.91 Å². The molecule has 0 bridgehead atoms. The smallest absolute Gasteiger partial charge is 0.289 e. The van der Waals surface area contributed by atoms with Crippen molar-refractivity contribution in [1.82, 2.24) is 15.1 Å². The van der Waals surface area contributed by atoms with Crippen LogP contribution in [0.2, 0.25) is 0 Å². The Bertz CT molecular complexity index is 936. The first-order chi connectivity index (χ1) is 13.7. The Morgan fingerprint density at radius 1 is 1.18 bits per heavy atom. The summed E-state index contributed by atoms with van der Waals surface area (Å²) in [5.41, 5.74) is 2.45. The molecule has 1 aromatic carbocycles. The number of piperidine rings is 1. The normalized spacial score (nSPS) is 14.8. The second-order valence-corrected chi connectivity index (χ2v) is 8.46. The SMILES string of the molecule is O=C(Nc1ccccc1Sc1nncs1)C1CCN(C(=O)c2ccco2)CC1. The number of carbonyl (C=O) groups excluding carboxylic acids is 2. The molecule has 0 spiro atoms. The maximum absolute atomic E-state index is 12.8. The van der Waals surface area contributed by atoms with E-state index in [-0.39, 0.29) is 17.7 Å². The fourth-order valence-electron chi connectivity index (χ4n) is 3.10. The van der Waals surface area contributed by atoms with Crippen LogP contribution in [0.25, 0.3) is 0 Å². The summed E-state index contributed by atoms with van der Waals surface area (Å²) in [6, 6.07) is 11.0. The highest BCUT2D eigenvalue weighted by atomic mass is 32.2. The minimum absolute atomic E-state index is 0.0181. The number of carbonyl (C=O) groups is 2. The topological polar surface area (TPSA) is 88.3 Å². The van der Waals surface area contributed by atoms with E-state index in [0.29, 0.717) is 31.7 Å². The number of hydrogen-bond acceptors (Lipinski definition) is 7. The zero-order valence-corrected chi connectivity index (χ0v) is 16.5. The van der Waals surface area contributed by atoms with Crippen LogP contribution in [0, 0.1) is 5.92 Å². The van der Waals surface area contributed by atoms with Crippen molar-refractivity contribution in [3.8, 4) is 0 Å². The summed E-state index contributed by atoms with van der Waals surface area (Å²) in [6.07, 6.45) is 2.75. The van der Waals surface area contributed by atoms with Gasteiger partial charge in [0.15, 0.2) is 10.1 Å². The Balaban J connectivity index is 1.36. The summed E-state index contributed by atoms with van der Waals surface area (Å²) >= 11 is 2.94. The highest BCUT2D eigenvalue weighted by Gasteiger charge is 2.29. The van der Waals surface area contributed by atoms with E-state index in [1.165, 1.54) is 29.4 Å². The summed E-state index contributed by atoms with van der Waals surface area (Å²) in [5.74, 6) is 0.0730. The molecule has 1 saturated heterocycles. The van der Waals surface area contributed by atoms with Gasteiger partial charge in [-0.3, -0.25) is 9.59 Å². The van der Waals surface area contributed by atoms with E-state index in [9.17, 15) is 9.59 Å². The van der Waals surface area contributed by atoms with E-state index in [1.807, 2.05) is 24.3 Å².